The fourth-order valence-electron chi connectivity index (χ4n) is 2.69. The van der Waals surface area contributed by atoms with Crippen molar-refractivity contribution < 1.29 is 22.7 Å². The molecule has 1 aliphatic rings. The van der Waals surface area contributed by atoms with Crippen LogP contribution >= 0.6 is 11.8 Å². The van der Waals surface area contributed by atoms with Crippen molar-refractivity contribution in [1.29, 1.82) is 0 Å². The summed E-state index contributed by atoms with van der Waals surface area (Å²) in [5, 5.41) is 2.77. The molecule has 150 valence electrons. The van der Waals surface area contributed by atoms with Crippen molar-refractivity contribution in [3.63, 3.8) is 0 Å². The van der Waals surface area contributed by atoms with Crippen molar-refractivity contribution in [3.8, 4) is 5.75 Å². The van der Waals surface area contributed by atoms with Gasteiger partial charge in [0.1, 0.15) is 5.75 Å². The zero-order valence-corrected chi connectivity index (χ0v) is 17.1. The highest BCUT2D eigenvalue weighted by atomic mass is 32.2. The molecule has 1 fully saturated rings. The summed E-state index contributed by atoms with van der Waals surface area (Å²) in [6.45, 7) is 1.32. The highest BCUT2D eigenvalue weighted by molar-refractivity contribution is 7.98. The Morgan fingerprint density at radius 1 is 1.18 bits per heavy atom. The normalized spacial score (nSPS) is 15.2. The number of nitrogens with zero attached hydrogens (tertiary/aromatic N) is 1. The third-order valence-corrected chi connectivity index (χ3v) is 6.79. The van der Waals surface area contributed by atoms with Crippen molar-refractivity contribution in [2.45, 2.75) is 9.79 Å². The topological polar surface area (TPSA) is 84.9 Å². The minimum absolute atomic E-state index is 0.168. The predicted molar refractivity (Wildman–Crippen MR) is 108 cm³/mol. The molecule has 0 bridgehead atoms. The van der Waals surface area contributed by atoms with Crippen LogP contribution in [0.25, 0.3) is 0 Å². The highest BCUT2D eigenvalue weighted by Crippen LogP contribution is 2.21. The summed E-state index contributed by atoms with van der Waals surface area (Å²) in [6.07, 6.45) is 1.97. The average Bonchev–Trinajstić information content (AvgIpc) is 2.73. The SMILES string of the molecule is CSc1cccc(NC(=O)COc2ccc(S(=O)(=O)N3CCOCC3)cc2)c1. The number of hydrogen-bond donors (Lipinski definition) is 1. The molecular weight excluding hydrogens is 400 g/mol. The van der Waals surface area contributed by atoms with E-state index in [4.69, 9.17) is 9.47 Å². The predicted octanol–water partition coefficient (Wildman–Crippen LogP) is 2.45. The second-order valence-corrected chi connectivity index (χ2v) is 8.87. The van der Waals surface area contributed by atoms with Crippen molar-refractivity contribution in [2.75, 3.05) is 44.5 Å². The lowest BCUT2D eigenvalue weighted by atomic mass is 10.3. The number of hydrogen-bond acceptors (Lipinski definition) is 6. The van der Waals surface area contributed by atoms with Crippen molar-refractivity contribution in [1.82, 2.24) is 4.31 Å². The number of carbonyl (C=O) groups is 1. The Labute approximate surface area is 169 Å². The van der Waals surface area contributed by atoms with Gasteiger partial charge in [0, 0.05) is 23.7 Å². The van der Waals surface area contributed by atoms with Gasteiger partial charge in [-0.3, -0.25) is 4.79 Å². The van der Waals surface area contributed by atoms with Gasteiger partial charge in [0.2, 0.25) is 10.0 Å². The van der Waals surface area contributed by atoms with E-state index in [2.05, 4.69) is 5.32 Å². The van der Waals surface area contributed by atoms with E-state index in [9.17, 15) is 13.2 Å². The van der Waals surface area contributed by atoms with E-state index >= 15 is 0 Å². The third kappa shape index (κ3) is 5.26. The largest absolute Gasteiger partial charge is 0.484 e. The van der Waals surface area contributed by atoms with Crippen LogP contribution in [0.5, 0.6) is 5.75 Å². The Balaban J connectivity index is 1.56. The summed E-state index contributed by atoms with van der Waals surface area (Å²) in [5.41, 5.74) is 0.701. The van der Waals surface area contributed by atoms with Crippen molar-refractivity contribution >= 4 is 33.4 Å². The minimum atomic E-state index is -3.54. The number of amides is 1. The molecule has 1 saturated heterocycles. The van der Waals surface area contributed by atoms with Gasteiger partial charge in [-0.25, -0.2) is 8.42 Å². The molecule has 1 N–H and O–H groups in total. The fourth-order valence-corrected chi connectivity index (χ4v) is 4.56. The summed E-state index contributed by atoms with van der Waals surface area (Å²) < 4.78 is 37.2. The second kappa shape index (κ2) is 9.42. The lowest BCUT2D eigenvalue weighted by Gasteiger charge is -2.26. The molecule has 1 amide bonds. The number of ether oxygens (including phenoxy) is 2. The Kier molecular flexibility index (Phi) is 6.95. The molecule has 1 aliphatic heterocycles. The molecule has 0 saturated carbocycles. The summed E-state index contributed by atoms with van der Waals surface area (Å²) in [4.78, 5) is 13.3. The van der Waals surface area contributed by atoms with Gasteiger partial charge in [0.05, 0.1) is 18.1 Å². The molecule has 3 rings (SSSR count). The first-order valence-electron chi connectivity index (χ1n) is 8.74. The van der Waals surface area contributed by atoms with E-state index in [1.807, 2.05) is 30.5 Å². The maximum absolute atomic E-state index is 12.6. The first kappa shape index (κ1) is 20.7. The lowest BCUT2D eigenvalue weighted by molar-refractivity contribution is -0.118. The smallest absolute Gasteiger partial charge is 0.262 e. The van der Waals surface area contributed by atoms with E-state index in [1.54, 1.807) is 23.9 Å². The maximum atomic E-state index is 12.6. The summed E-state index contributed by atoms with van der Waals surface area (Å²) in [5.74, 6) is 0.136. The van der Waals surface area contributed by atoms with Crippen LogP contribution in [0.1, 0.15) is 0 Å². The molecule has 7 nitrogen and oxygen atoms in total. The van der Waals surface area contributed by atoms with Crippen LogP contribution in [0, 0.1) is 0 Å². The summed E-state index contributed by atoms with van der Waals surface area (Å²) >= 11 is 1.59. The minimum Gasteiger partial charge on any atom is -0.484 e. The molecule has 2 aromatic rings. The maximum Gasteiger partial charge on any atom is 0.262 e. The molecule has 9 heteroatoms. The van der Waals surface area contributed by atoms with Crippen LogP contribution in [-0.2, 0) is 19.6 Å². The zero-order valence-electron chi connectivity index (χ0n) is 15.5. The number of carbonyl (C=O) groups excluding carboxylic acids is 1. The standard InChI is InChI=1S/C19H22N2O5S2/c1-27-17-4-2-3-15(13-17)20-19(22)14-26-16-5-7-18(8-6-16)28(23,24)21-9-11-25-12-10-21/h2-8,13H,9-12,14H2,1H3,(H,20,22). The zero-order chi connectivity index (χ0) is 20.0. The van der Waals surface area contributed by atoms with Gasteiger partial charge >= 0.3 is 0 Å². The van der Waals surface area contributed by atoms with Crippen LogP contribution in [0.3, 0.4) is 0 Å². The summed E-state index contributed by atoms with van der Waals surface area (Å²) in [7, 11) is -3.54. The lowest BCUT2D eigenvalue weighted by Crippen LogP contribution is -2.40. The average molecular weight is 423 g/mol. The quantitative estimate of drug-likeness (QED) is 0.690. The number of thioether (sulfide) groups is 1. The highest BCUT2D eigenvalue weighted by Gasteiger charge is 2.26. The first-order chi connectivity index (χ1) is 13.5. The molecule has 0 atom stereocenters. The van der Waals surface area contributed by atoms with E-state index in [-0.39, 0.29) is 17.4 Å². The molecule has 2 aromatic carbocycles. The van der Waals surface area contributed by atoms with Crippen LogP contribution < -0.4 is 10.1 Å². The Bertz CT molecular complexity index is 910. The molecule has 28 heavy (non-hydrogen) atoms. The van der Waals surface area contributed by atoms with Gasteiger partial charge in [0.25, 0.3) is 5.91 Å². The van der Waals surface area contributed by atoms with Gasteiger partial charge < -0.3 is 14.8 Å². The summed E-state index contributed by atoms with van der Waals surface area (Å²) in [6, 6.07) is 13.6. The molecule has 1 heterocycles. The molecular formula is C19H22N2O5S2. The number of anilines is 1. The molecule has 0 spiro atoms. The number of benzene rings is 2. The van der Waals surface area contributed by atoms with Crippen LogP contribution in [0.15, 0.2) is 58.3 Å². The molecule has 0 aromatic heterocycles. The molecule has 0 radical (unpaired) electrons. The fraction of sp³-hybridized carbons (Fsp3) is 0.316. The van der Waals surface area contributed by atoms with Crippen LogP contribution in [-0.4, -0.2) is 57.8 Å². The van der Waals surface area contributed by atoms with Gasteiger partial charge in [-0.05, 0) is 48.7 Å². The van der Waals surface area contributed by atoms with E-state index in [0.29, 0.717) is 37.7 Å². The Morgan fingerprint density at radius 3 is 2.57 bits per heavy atom. The number of rotatable bonds is 7. The van der Waals surface area contributed by atoms with Gasteiger partial charge in [-0.1, -0.05) is 6.07 Å². The van der Waals surface area contributed by atoms with Crippen molar-refractivity contribution in [3.05, 3.63) is 48.5 Å². The number of nitrogens with one attached hydrogen (secondary N) is 1. The van der Waals surface area contributed by atoms with Gasteiger partial charge in [-0.15, -0.1) is 11.8 Å². The van der Waals surface area contributed by atoms with Gasteiger partial charge in [-0.2, -0.15) is 4.31 Å². The Morgan fingerprint density at radius 2 is 1.89 bits per heavy atom. The van der Waals surface area contributed by atoms with Crippen LogP contribution in [0.2, 0.25) is 0 Å². The number of morpholine rings is 1. The second-order valence-electron chi connectivity index (χ2n) is 6.06. The molecule has 0 aliphatic carbocycles. The Hall–Kier alpha value is -2.07. The van der Waals surface area contributed by atoms with E-state index in [0.717, 1.165) is 4.90 Å². The third-order valence-electron chi connectivity index (χ3n) is 4.15. The van der Waals surface area contributed by atoms with Crippen LogP contribution in [0.4, 0.5) is 5.69 Å². The molecule has 0 unspecified atom stereocenters. The van der Waals surface area contributed by atoms with Crippen molar-refractivity contribution in [2.24, 2.45) is 0 Å². The number of sulfonamides is 1. The van der Waals surface area contributed by atoms with Gasteiger partial charge in [0.15, 0.2) is 6.61 Å². The first-order valence-corrected chi connectivity index (χ1v) is 11.4. The van der Waals surface area contributed by atoms with E-state index in [1.165, 1.54) is 16.4 Å². The monoisotopic (exact) mass is 422 g/mol. The van der Waals surface area contributed by atoms with E-state index < -0.39 is 10.0 Å².